The molecular weight excluding hydrogens is 192 g/mol. The van der Waals surface area contributed by atoms with Gasteiger partial charge >= 0.3 is 6.09 Å². The van der Waals surface area contributed by atoms with Crippen LogP contribution >= 0.6 is 11.6 Å². The van der Waals surface area contributed by atoms with Crippen LogP contribution < -0.4 is 5.43 Å². The third kappa shape index (κ3) is 3.13. The van der Waals surface area contributed by atoms with Crippen molar-refractivity contribution in [2.45, 2.75) is 0 Å². The molecule has 1 amide bonds. The number of nitrogens with zero attached hydrogens (tertiary/aromatic N) is 1. The van der Waals surface area contributed by atoms with Gasteiger partial charge in [-0.05, 0) is 6.07 Å². The predicted octanol–water partition coefficient (Wildman–Crippen LogP) is 1.94. The molecule has 0 aliphatic heterocycles. The molecule has 0 aliphatic rings. The van der Waals surface area contributed by atoms with Gasteiger partial charge in [-0.25, -0.2) is 10.2 Å². The van der Waals surface area contributed by atoms with E-state index in [2.05, 4.69) is 5.10 Å². The lowest BCUT2D eigenvalue weighted by Crippen LogP contribution is -2.13. The van der Waals surface area contributed by atoms with Crippen LogP contribution in [0.25, 0.3) is 0 Å². The van der Waals surface area contributed by atoms with E-state index in [-0.39, 0.29) is 0 Å². The van der Waals surface area contributed by atoms with Crippen LogP contribution in [0.15, 0.2) is 29.4 Å². The lowest BCUT2D eigenvalue weighted by atomic mass is 10.2. The number of halogens is 1. The molecule has 1 aromatic carbocycles. The summed E-state index contributed by atoms with van der Waals surface area (Å²) in [6, 6.07) is 7.00. The van der Waals surface area contributed by atoms with Gasteiger partial charge < -0.3 is 5.11 Å². The van der Waals surface area contributed by atoms with Gasteiger partial charge in [-0.1, -0.05) is 29.8 Å². The van der Waals surface area contributed by atoms with Crippen LogP contribution in [0.2, 0.25) is 5.02 Å². The quantitative estimate of drug-likeness (QED) is 0.564. The third-order valence-corrected chi connectivity index (χ3v) is 1.61. The maximum absolute atomic E-state index is 10.0. The van der Waals surface area contributed by atoms with Crippen LogP contribution in [0.3, 0.4) is 0 Å². The van der Waals surface area contributed by atoms with E-state index >= 15 is 0 Å². The van der Waals surface area contributed by atoms with Gasteiger partial charge in [0.2, 0.25) is 0 Å². The van der Waals surface area contributed by atoms with Gasteiger partial charge in [-0.3, -0.25) is 0 Å². The molecule has 0 bridgehead atoms. The van der Waals surface area contributed by atoms with Crippen molar-refractivity contribution in [1.29, 1.82) is 0 Å². The molecule has 5 heteroatoms. The Morgan fingerprint density at radius 3 is 2.85 bits per heavy atom. The number of hydrogen-bond acceptors (Lipinski definition) is 2. The highest BCUT2D eigenvalue weighted by molar-refractivity contribution is 6.33. The Bertz CT molecular complexity index is 339. The molecule has 13 heavy (non-hydrogen) atoms. The van der Waals surface area contributed by atoms with Crippen LogP contribution in [0, 0.1) is 0 Å². The second kappa shape index (κ2) is 4.47. The van der Waals surface area contributed by atoms with Gasteiger partial charge in [0.1, 0.15) is 0 Å². The Kier molecular flexibility index (Phi) is 3.28. The van der Waals surface area contributed by atoms with E-state index in [4.69, 9.17) is 16.7 Å². The maximum atomic E-state index is 10.0. The fourth-order valence-electron chi connectivity index (χ4n) is 0.737. The zero-order valence-corrected chi connectivity index (χ0v) is 7.32. The van der Waals surface area contributed by atoms with Crippen molar-refractivity contribution in [2.75, 3.05) is 0 Å². The first kappa shape index (κ1) is 9.54. The smallest absolute Gasteiger partial charge is 0.425 e. The first-order valence-corrected chi connectivity index (χ1v) is 3.84. The van der Waals surface area contributed by atoms with E-state index in [1.165, 1.54) is 6.21 Å². The highest BCUT2D eigenvalue weighted by Gasteiger charge is 1.94. The number of nitrogens with one attached hydrogen (secondary N) is 1. The standard InChI is InChI=1S/C8H7ClN2O2/c9-7-4-2-1-3-6(7)5-10-11-8(12)13/h1-5,11H,(H,12,13)/b10-5+. The topological polar surface area (TPSA) is 61.7 Å². The second-order valence-corrected chi connectivity index (χ2v) is 2.60. The molecule has 0 fully saturated rings. The predicted molar refractivity (Wildman–Crippen MR) is 50.2 cm³/mol. The summed E-state index contributed by atoms with van der Waals surface area (Å²) in [6.45, 7) is 0. The van der Waals surface area contributed by atoms with Crippen LogP contribution in [-0.4, -0.2) is 17.4 Å². The van der Waals surface area contributed by atoms with Crippen molar-refractivity contribution < 1.29 is 9.90 Å². The molecule has 0 saturated heterocycles. The van der Waals surface area contributed by atoms with Crippen LogP contribution in [0.5, 0.6) is 0 Å². The van der Waals surface area contributed by atoms with Crippen molar-refractivity contribution >= 4 is 23.9 Å². The summed E-state index contributed by atoms with van der Waals surface area (Å²) in [5.74, 6) is 0. The molecule has 0 atom stereocenters. The molecule has 0 aromatic heterocycles. The number of amides is 1. The van der Waals surface area contributed by atoms with Gasteiger partial charge in [0.25, 0.3) is 0 Å². The summed E-state index contributed by atoms with van der Waals surface area (Å²) in [4.78, 5) is 10.0. The van der Waals surface area contributed by atoms with Gasteiger partial charge in [0.05, 0.1) is 6.21 Å². The molecule has 0 heterocycles. The molecule has 0 spiro atoms. The van der Waals surface area contributed by atoms with Crippen molar-refractivity contribution in [3.63, 3.8) is 0 Å². The Balaban J connectivity index is 2.68. The van der Waals surface area contributed by atoms with Crippen LogP contribution in [0.1, 0.15) is 5.56 Å². The Morgan fingerprint density at radius 1 is 1.54 bits per heavy atom. The van der Waals surface area contributed by atoms with E-state index in [1.54, 1.807) is 24.3 Å². The molecule has 0 radical (unpaired) electrons. The Hall–Kier alpha value is -1.55. The molecule has 2 N–H and O–H groups in total. The summed E-state index contributed by atoms with van der Waals surface area (Å²) >= 11 is 5.77. The number of benzene rings is 1. The SMILES string of the molecule is O=C(O)N/N=C/c1ccccc1Cl. The Morgan fingerprint density at radius 2 is 2.23 bits per heavy atom. The minimum Gasteiger partial charge on any atom is -0.464 e. The van der Waals surface area contributed by atoms with E-state index in [0.29, 0.717) is 10.6 Å². The van der Waals surface area contributed by atoms with Crippen molar-refractivity contribution in [1.82, 2.24) is 5.43 Å². The minimum atomic E-state index is -1.21. The summed E-state index contributed by atoms with van der Waals surface area (Å²) in [5.41, 5.74) is 2.51. The molecule has 0 unspecified atom stereocenters. The molecule has 1 aromatic rings. The molecule has 0 aliphatic carbocycles. The lowest BCUT2D eigenvalue weighted by molar-refractivity contribution is 0.195. The van der Waals surface area contributed by atoms with Gasteiger partial charge in [-0.15, -0.1) is 0 Å². The van der Waals surface area contributed by atoms with Gasteiger partial charge in [0, 0.05) is 10.6 Å². The first-order valence-electron chi connectivity index (χ1n) is 3.46. The van der Waals surface area contributed by atoms with Crippen molar-refractivity contribution in [2.24, 2.45) is 5.10 Å². The normalized spacial score (nSPS) is 10.2. The number of hydrogen-bond donors (Lipinski definition) is 2. The summed E-state index contributed by atoms with van der Waals surface area (Å²) < 4.78 is 0. The number of rotatable bonds is 2. The molecule has 68 valence electrons. The van der Waals surface area contributed by atoms with Gasteiger partial charge in [-0.2, -0.15) is 5.10 Å². The zero-order valence-electron chi connectivity index (χ0n) is 6.57. The first-order chi connectivity index (χ1) is 6.20. The Labute approximate surface area is 79.8 Å². The van der Waals surface area contributed by atoms with Crippen molar-refractivity contribution in [3.05, 3.63) is 34.9 Å². The average molecular weight is 199 g/mol. The fourth-order valence-corrected chi connectivity index (χ4v) is 0.921. The van der Waals surface area contributed by atoms with Crippen LogP contribution in [0.4, 0.5) is 4.79 Å². The van der Waals surface area contributed by atoms with Gasteiger partial charge in [0.15, 0.2) is 0 Å². The molecule has 4 nitrogen and oxygen atoms in total. The number of carbonyl (C=O) groups is 1. The van der Waals surface area contributed by atoms with E-state index in [1.807, 2.05) is 5.43 Å². The molecule has 0 saturated carbocycles. The molecule has 1 rings (SSSR count). The van der Waals surface area contributed by atoms with E-state index < -0.39 is 6.09 Å². The average Bonchev–Trinajstić information content (AvgIpc) is 2.08. The summed E-state index contributed by atoms with van der Waals surface area (Å²) in [5, 5.41) is 12.2. The summed E-state index contributed by atoms with van der Waals surface area (Å²) in [7, 11) is 0. The number of hydrazone groups is 1. The largest absolute Gasteiger partial charge is 0.464 e. The maximum Gasteiger partial charge on any atom is 0.425 e. The van der Waals surface area contributed by atoms with Crippen molar-refractivity contribution in [3.8, 4) is 0 Å². The third-order valence-electron chi connectivity index (χ3n) is 1.27. The van der Waals surface area contributed by atoms with Crippen LogP contribution in [-0.2, 0) is 0 Å². The fraction of sp³-hybridized carbons (Fsp3) is 0. The number of carboxylic acid groups (broad SMARTS) is 1. The van der Waals surface area contributed by atoms with E-state index in [0.717, 1.165) is 0 Å². The second-order valence-electron chi connectivity index (χ2n) is 2.20. The van der Waals surface area contributed by atoms with E-state index in [9.17, 15) is 4.79 Å². The highest BCUT2D eigenvalue weighted by Crippen LogP contribution is 2.11. The monoisotopic (exact) mass is 198 g/mol. The summed E-state index contributed by atoms with van der Waals surface area (Å²) in [6.07, 6.45) is 0.138. The lowest BCUT2D eigenvalue weighted by Gasteiger charge is -1.95. The minimum absolute atomic E-state index is 0.526. The molecular formula is C8H7ClN2O2. The highest BCUT2D eigenvalue weighted by atomic mass is 35.5. The zero-order chi connectivity index (χ0) is 9.68.